The third kappa shape index (κ3) is 3.25. The lowest BCUT2D eigenvalue weighted by atomic mass is 10.3. The molecule has 1 heterocycles. The molecule has 0 atom stereocenters. The summed E-state index contributed by atoms with van der Waals surface area (Å²) in [5, 5.41) is 0. The van der Waals surface area contributed by atoms with Gasteiger partial charge in [0.1, 0.15) is 16.4 Å². The van der Waals surface area contributed by atoms with Crippen LogP contribution in [-0.2, 0) is 0 Å². The third-order valence-electron chi connectivity index (χ3n) is 1.99. The van der Waals surface area contributed by atoms with Crippen LogP contribution in [0.5, 0.6) is 11.6 Å². The maximum Gasteiger partial charge on any atom is 0.219 e. The summed E-state index contributed by atoms with van der Waals surface area (Å²) >= 11 is 8.23. The van der Waals surface area contributed by atoms with Crippen LogP contribution in [0.1, 0.15) is 5.69 Å². The molecule has 0 aliphatic carbocycles. The van der Waals surface area contributed by atoms with E-state index in [2.05, 4.69) is 20.9 Å². The summed E-state index contributed by atoms with van der Waals surface area (Å²) in [5.74, 6) is 1.17. The highest BCUT2D eigenvalue weighted by atomic mass is 79.9. The first kappa shape index (κ1) is 12.0. The van der Waals surface area contributed by atoms with Crippen molar-refractivity contribution in [2.75, 3.05) is 0 Å². The van der Waals surface area contributed by atoms with Gasteiger partial charge in [-0.3, -0.25) is 0 Å². The van der Waals surface area contributed by atoms with E-state index in [0.29, 0.717) is 17.3 Å². The minimum atomic E-state index is 0.254. The van der Waals surface area contributed by atoms with Crippen molar-refractivity contribution in [2.24, 2.45) is 5.73 Å². The lowest BCUT2D eigenvalue weighted by molar-refractivity contribution is 0.462. The lowest BCUT2D eigenvalue weighted by Crippen LogP contribution is -2.11. The van der Waals surface area contributed by atoms with Crippen LogP contribution in [0.3, 0.4) is 0 Å². The number of pyridine rings is 1. The molecule has 0 fully saturated rings. The zero-order chi connectivity index (χ0) is 12.3. The molecule has 0 aliphatic rings. The van der Waals surface area contributed by atoms with Crippen molar-refractivity contribution in [3.8, 4) is 11.6 Å². The zero-order valence-electron chi connectivity index (χ0n) is 8.76. The highest BCUT2D eigenvalue weighted by Gasteiger charge is 2.02. The van der Waals surface area contributed by atoms with E-state index in [-0.39, 0.29) is 4.99 Å². The van der Waals surface area contributed by atoms with Gasteiger partial charge in [0.25, 0.3) is 0 Å². The van der Waals surface area contributed by atoms with Gasteiger partial charge < -0.3 is 10.5 Å². The smallest absolute Gasteiger partial charge is 0.219 e. The summed E-state index contributed by atoms with van der Waals surface area (Å²) < 4.78 is 6.54. The lowest BCUT2D eigenvalue weighted by Gasteiger charge is -2.06. The summed E-state index contributed by atoms with van der Waals surface area (Å²) in [6.07, 6.45) is 0. The second-order valence-electron chi connectivity index (χ2n) is 3.28. The minimum Gasteiger partial charge on any atom is -0.439 e. The van der Waals surface area contributed by atoms with Crippen molar-refractivity contribution >= 4 is 33.1 Å². The monoisotopic (exact) mass is 308 g/mol. The molecule has 1 aromatic heterocycles. The second kappa shape index (κ2) is 5.25. The summed E-state index contributed by atoms with van der Waals surface area (Å²) in [4.78, 5) is 4.45. The standard InChI is InChI=1S/C12H9BrN2OS/c13-8-3-1-4-9(7-8)16-11-6-2-5-10(15-11)12(14)17/h1-7H,(H2,14,17). The van der Waals surface area contributed by atoms with Crippen LogP contribution < -0.4 is 10.5 Å². The number of thiocarbonyl (C=S) groups is 1. The van der Waals surface area contributed by atoms with Crippen molar-refractivity contribution in [3.63, 3.8) is 0 Å². The number of hydrogen-bond acceptors (Lipinski definition) is 3. The quantitative estimate of drug-likeness (QED) is 0.884. The van der Waals surface area contributed by atoms with Gasteiger partial charge in [-0.15, -0.1) is 0 Å². The Bertz CT molecular complexity index is 560. The molecule has 0 amide bonds. The van der Waals surface area contributed by atoms with Crippen molar-refractivity contribution in [1.29, 1.82) is 0 Å². The number of ether oxygens (including phenoxy) is 1. The molecule has 17 heavy (non-hydrogen) atoms. The molecular weight excluding hydrogens is 300 g/mol. The zero-order valence-corrected chi connectivity index (χ0v) is 11.2. The Morgan fingerprint density at radius 1 is 1.24 bits per heavy atom. The van der Waals surface area contributed by atoms with Crippen LogP contribution in [0, 0.1) is 0 Å². The molecule has 2 N–H and O–H groups in total. The molecule has 0 aliphatic heterocycles. The first-order valence-corrected chi connectivity index (χ1v) is 6.05. The van der Waals surface area contributed by atoms with E-state index in [9.17, 15) is 0 Å². The normalized spacial score (nSPS) is 9.94. The third-order valence-corrected chi connectivity index (χ3v) is 2.70. The van der Waals surface area contributed by atoms with Crippen molar-refractivity contribution in [1.82, 2.24) is 4.98 Å². The molecule has 0 saturated carbocycles. The van der Waals surface area contributed by atoms with Gasteiger partial charge in [-0.1, -0.05) is 40.3 Å². The minimum absolute atomic E-state index is 0.254. The number of nitrogens with two attached hydrogens (primary N) is 1. The summed E-state index contributed by atoms with van der Waals surface area (Å²) in [7, 11) is 0. The summed E-state index contributed by atoms with van der Waals surface area (Å²) in [5.41, 5.74) is 6.05. The fourth-order valence-corrected chi connectivity index (χ4v) is 1.75. The van der Waals surface area contributed by atoms with E-state index in [0.717, 1.165) is 4.47 Å². The number of aromatic nitrogens is 1. The Labute approximate surface area is 113 Å². The molecule has 3 nitrogen and oxygen atoms in total. The van der Waals surface area contributed by atoms with E-state index in [1.807, 2.05) is 24.3 Å². The molecular formula is C12H9BrN2OS. The van der Waals surface area contributed by atoms with Gasteiger partial charge in [0.2, 0.25) is 5.88 Å². The van der Waals surface area contributed by atoms with Crippen molar-refractivity contribution in [3.05, 3.63) is 52.6 Å². The molecule has 0 unspecified atom stereocenters. The molecule has 2 aromatic rings. The molecule has 0 spiro atoms. The number of halogens is 1. The molecule has 0 saturated heterocycles. The van der Waals surface area contributed by atoms with E-state index >= 15 is 0 Å². The van der Waals surface area contributed by atoms with Crippen LogP contribution in [0.4, 0.5) is 0 Å². The fourth-order valence-electron chi connectivity index (χ4n) is 1.26. The maximum absolute atomic E-state index is 5.59. The SMILES string of the molecule is NC(=S)c1cccc(Oc2cccc(Br)c2)n1. The number of benzene rings is 1. The van der Waals surface area contributed by atoms with E-state index < -0.39 is 0 Å². The van der Waals surface area contributed by atoms with Gasteiger partial charge >= 0.3 is 0 Å². The topological polar surface area (TPSA) is 48.1 Å². The average molecular weight is 309 g/mol. The van der Waals surface area contributed by atoms with Crippen molar-refractivity contribution < 1.29 is 4.74 Å². The van der Waals surface area contributed by atoms with Gasteiger partial charge in [0.05, 0.1) is 0 Å². The van der Waals surface area contributed by atoms with Gasteiger partial charge in [-0.2, -0.15) is 0 Å². The van der Waals surface area contributed by atoms with Gasteiger partial charge in [0, 0.05) is 10.5 Å². The predicted molar refractivity (Wildman–Crippen MR) is 74.3 cm³/mol. The Kier molecular flexibility index (Phi) is 3.71. The Morgan fingerprint density at radius 3 is 2.71 bits per heavy atom. The highest BCUT2D eigenvalue weighted by Crippen LogP contribution is 2.22. The summed E-state index contributed by atoms with van der Waals surface area (Å²) in [6, 6.07) is 12.8. The predicted octanol–water partition coefficient (Wildman–Crippen LogP) is 3.27. The van der Waals surface area contributed by atoms with Crippen LogP contribution in [-0.4, -0.2) is 9.97 Å². The van der Waals surface area contributed by atoms with E-state index in [4.69, 9.17) is 22.7 Å². The van der Waals surface area contributed by atoms with Gasteiger partial charge in [0.15, 0.2) is 0 Å². The Morgan fingerprint density at radius 2 is 2.00 bits per heavy atom. The molecule has 1 aromatic carbocycles. The second-order valence-corrected chi connectivity index (χ2v) is 4.64. The Hall–Kier alpha value is -1.46. The van der Waals surface area contributed by atoms with Gasteiger partial charge in [-0.05, 0) is 24.3 Å². The first-order chi connectivity index (χ1) is 8.15. The van der Waals surface area contributed by atoms with Crippen LogP contribution in [0.25, 0.3) is 0 Å². The fraction of sp³-hybridized carbons (Fsp3) is 0. The molecule has 5 heteroatoms. The molecule has 2 rings (SSSR count). The van der Waals surface area contributed by atoms with Gasteiger partial charge in [-0.25, -0.2) is 4.98 Å². The van der Waals surface area contributed by atoms with E-state index in [1.54, 1.807) is 18.2 Å². The Balaban J connectivity index is 2.24. The van der Waals surface area contributed by atoms with Crippen LogP contribution >= 0.6 is 28.1 Å². The molecule has 86 valence electrons. The van der Waals surface area contributed by atoms with E-state index in [1.165, 1.54) is 0 Å². The maximum atomic E-state index is 5.59. The first-order valence-electron chi connectivity index (χ1n) is 4.85. The number of hydrogen-bond donors (Lipinski definition) is 1. The molecule has 0 radical (unpaired) electrons. The highest BCUT2D eigenvalue weighted by molar-refractivity contribution is 9.10. The van der Waals surface area contributed by atoms with Crippen LogP contribution in [0.2, 0.25) is 0 Å². The summed E-state index contributed by atoms with van der Waals surface area (Å²) in [6.45, 7) is 0. The van der Waals surface area contributed by atoms with Crippen LogP contribution in [0.15, 0.2) is 46.9 Å². The average Bonchev–Trinajstić information content (AvgIpc) is 2.29. The largest absolute Gasteiger partial charge is 0.439 e. The van der Waals surface area contributed by atoms with Crippen molar-refractivity contribution in [2.45, 2.75) is 0 Å². The molecule has 0 bridgehead atoms. The number of rotatable bonds is 3. The number of nitrogens with zero attached hydrogens (tertiary/aromatic N) is 1.